The Morgan fingerprint density at radius 1 is 1.24 bits per heavy atom. The first kappa shape index (κ1) is 19.8. The van der Waals surface area contributed by atoms with Crippen LogP contribution in [0.3, 0.4) is 0 Å². The third-order valence-electron chi connectivity index (χ3n) is 5.52. The number of hydrogen-bond acceptors (Lipinski definition) is 4. The van der Waals surface area contributed by atoms with Crippen molar-refractivity contribution < 1.29 is 0 Å². The van der Waals surface area contributed by atoms with Crippen LogP contribution in [0.2, 0.25) is 5.02 Å². The van der Waals surface area contributed by atoms with Crippen molar-refractivity contribution in [1.29, 1.82) is 0 Å². The van der Waals surface area contributed by atoms with Gasteiger partial charge in [0.25, 0.3) is 5.56 Å². The number of halogens is 1. The van der Waals surface area contributed by atoms with E-state index in [0.717, 1.165) is 17.8 Å². The molecular weight excluding hydrogens is 390 g/mol. The molecule has 1 atom stereocenters. The number of rotatable bonds is 3. The van der Waals surface area contributed by atoms with E-state index in [1.807, 2.05) is 43.5 Å². The van der Waals surface area contributed by atoms with Gasteiger partial charge in [-0.15, -0.1) is 0 Å². The van der Waals surface area contributed by atoms with Crippen molar-refractivity contribution in [2.45, 2.75) is 40.8 Å². The standard InChI is InChI=1S/C21H26ClN5O2/c1-12(2)9-27-19(28)17-18(24(5)21(27)29)23-20-25(10-13(3)11-26(17)20)16-8-6-7-15(22)14(16)4/h6-8,12-13H,9-11H2,1-5H3/t13-/m0/s1. The molecule has 1 aliphatic rings. The van der Waals surface area contributed by atoms with Crippen molar-refractivity contribution in [2.24, 2.45) is 18.9 Å². The molecule has 0 amide bonds. The minimum Gasteiger partial charge on any atom is -0.311 e. The molecule has 154 valence electrons. The lowest BCUT2D eigenvalue weighted by Gasteiger charge is -2.34. The van der Waals surface area contributed by atoms with E-state index in [0.29, 0.717) is 41.1 Å². The zero-order valence-electron chi connectivity index (χ0n) is 17.4. The van der Waals surface area contributed by atoms with Crippen LogP contribution in [-0.2, 0) is 20.1 Å². The number of imidazole rings is 1. The highest BCUT2D eigenvalue weighted by molar-refractivity contribution is 6.31. The molecule has 0 saturated carbocycles. The fraction of sp³-hybridized carbons (Fsp3) is 0.476. The van der Waals surface area contributed by atoms with Crippen molar-refractivity contribution in [1.82, 2.24) is 18.7 Å². The molecule has 7 nitrogen and oxygen atoms in total. The number of hydrogen-bond donors (Lipinski definition) is 0. The monoisotopic (exact) mass is 415 g/mol. The van der Waals surface area contributed by atoms with Gasteiger partial charge in [0.1, 0.15) is 0 Å². The molecule has 2 aromatic heterocycles. The molecule has 4 rings (SSSR count). The van der Waals surface area contributed by atoms with Crippen molar-refractivity contribution in [2.75, 3.05) is 11.4 Å². The largest absolute Gasteiger partial charge is 0.332 e. The second kappa shape index (κ2) is 7.06. The number of benzene rings is 1. The molecule has 3 heterocycles. The number of nitrogens with zero attached hydrogens (tertiary/aromatic N) is 5. The molecule has 29 heavy (non-hydrogen) atoms. The van der Waals surface area contributed by atoms with Crippen molar-refractivity contribution in [3.8, 4) is 0 Å². The van der Waals surface area contributed by atoms with Crippen LogP contribution in [0.5, 0.6) is 0 Å². The van der Waals surface area contributed by atoms with Gasteiger partial charge in [-0.2, -0.15) is 4.98 Å². The first-order chi connectivity index (χ1) is 13.7. The Balaban J connectivity index is 2.03. The second-order valence-electron chi connectivity index (χ2n) is 8.45. The molecule has 3 aromatic rings. The highest BCUT2D eigenvalue weighted by Crippen LogP contribution is 2.36. The van der Waals surface area contributed by atoms with E-state index in [4.69, 9.17) is 16.6 Å². The third kappa shape index (κ3) is 3.08. The van der Waals surface area contributed by atoms with Crippen molar-refractivity contribution in [3.63, 3.8) is 0 Å². The number of fused-ring (bicyclic) bond motifs is 3. The van der Waals surface area contributed by atoms with Crippen LogP contribution in [0.4, 0.5) is 11.6 Å². The molecule has 0 aliphatic carbocycles. The van der Waals surface area contributed by atoms with Gasteiger partial charge in [-0.3, -0.25) is 13.9 Å². The van der Waals surface area contributed by atoms with Gasteiger partial charge in [0.15, 0.2) is 11.2 Å². The zero-order valence-corrected chi connectivity index (χ0v) is 18.2. The quantitative estimate of drug-likeness (QED) is 0.658. The molecule has 0 fully saturated rings. The summed E-state index contributed by atoms with van der Waals surface area (Å²) in [5.74, 6) is 1.16. The summed E-state index contributed by atoms with van der Waals surface area (Å²) in [4.78, 5) is 33.0. The van der Waals surface area contributed by atoms with Gasteiger partial charge in [0.2, 0.25) is 5.95 Å². The van der Waals surface area contributed by atoms with Crippen LogP contribution < -0.4 is 16.1 Å². The molecule has 0 N–H and O–H groups in total. The summed E-state index contributed by atoms with van der Waals surface area (Å²) in [6, 6.07) is 5.80. The van der Waals surface area contributed by atoms with Crippen LogP contribution in [0.1, 0.15) is 26.3 Å². The van der Waals surface area contributed by atoms with E-state index in [9.17, 15) is 9.59 Å². The maximum Gasteiger partial charge on any atom is 0.332 e. The molecule has 0 spiro atoms. The third-order valence-corrected chi connectivity index (χ3v) is 5.93. The van der Waals surface area contributed by atoms with Crippen molar-refractivity contribution >= 4 is 34.4 Å². The van der Waals surface area contributed by atoms with Crippen LogP contribution in [-0.4, -0.2) is 25.2 Å². The summed E-state index contributed by atoms with van der Waals surface area (Å²) in [6.45, 7) is 9.94. The average molecular weight is 416 g/mol. The minimum absolute atomic E-state index is 0.186. The fourth-order valence-corrected chi connectivity index (χ4v) is 4.29. The SMILES string of the molecule is Cc1c(Cl)cccc1N1C[C@H](C)Cn2c1nc1c2c(=O)n(CC(C)C)c(=O)n1C. The van der Waals surface area contributed by atoms with E-state index in [-0.39, 0.29) is 17.2 Å². The molecule has 1 aromatic carbocycles. The highest BCUT2D eigenvalue weighted by atomic mass is 35.5. The topological polar surface area (TPSA) is 65.1 Å². The van der Waals surface area contributed by atoms with Gasteiger partial charge in [0.05, 0.1) is 0 Å². The van der Waals surface area contributed by atoms with E-state index in [1.165, 1.54) is 9.13 Å². The summed E-state index contributed by atoms with van der Waals surface area (Å²) in [5.41, 5.74) is 2.24. The summed E-state index contributed by atoms with van der Waals surface area (Å²) in [6.07, 6.45) is 0. The molecule has 0 unspecified atom stereocenters. The molecule has 8 heteroatoms. The van der Waals surface area contributed by atoms with Gasteiger partial charge < -0.3 is 9.47 Å². The maximum absolute atomic E-state index is 13.3. The van der Waals surface area contributed by atoms with E-state index in [2.05, 4.69) is 11.8 Å². The predicted octanol–water partition coefficient (Wildman–Crippen LogP) is 3.30. The Morgan fingerprint density at radius 2 is 1.97 bits per heavy atom. The smallest absolute Gasteiger partial charge is 0.311 e. The fourth-order valence-electron chi connectivity index (χ4n) is 4.12. The Labute approximate surface area is 174 Å². The van der Waals surface area contributed by atoms with Gasteiger partial charge in [0, 0.05) is 37.4 Å². The summed E-state index contributed by atoms with van der Waals surface area (Å²) in [7, 11) is 1.68. The van der Waals surface area contributed by atoms with Gasteiger partial charge in [-0.05, 0) is 36.5 Å². The second-order valence-corrected chi connectivity index (χ2v) is 8.85. The number of aromatic nitrogens is 4. The Bertz CT molecular complexity index is 1220. The zero-order chi connectivity index (χ0) is 21.0. The Kier molecular flexibility index (Phi) is 4.81. The lowest BCUT2D eigenvalue weighted by Crippen LogP contribution is -2.41. The first-order valence-corrected chi connectivity index (χ1v) is 10.3. The van der Waals surface area contributed by atoms with Gasteiger partial charge in [-0.1, -0.05) is 38.4 Å². The molecule has 0 bridgehead atoms. The number of aryl methyl sites for hydroxylation is 1. The number of anilines is 2. The lowest BCUT2D eigenvalue weighted by atomic mass is 10.1. The highest BCUT2D eigenvalue weighted by Gasteiger charge is 2.30. The molecule has 0 radical (unpaired) electrons. The molecule has 1 aliphatic heterocycles. The van der Waals surface area contributed by atoms with Crippen LogP contribution >= 0.6 is 11.6 Å². The summed E-state index contributed by atoms with van der Waals surface area (Å²) >= 11 is 6.36. The van der Waals surface area contributed by atoms with Gasteiger partial charge in [-0.25, -0.2) is 4.79 Å². The Hall–Kier alpha value is -2.54. The van der Waals surface area contributed by atoms with E-state index in [1.54, 1.807) is 7.05 Å². The van der Waals surface area contributed by atoms with Crippen LogP contribution in [0.25, 0.3) is 11.2 Å². The molecular formula is C21H26ClN5O2. The van der Waals surface area contributed by atoms with Crippen LogP contribution in [0, 0.1) is 18.8 Å². The maximum atomic E-state index is 13.3. The van der Waals surface area contributed by atoms with E-state index < -0.39 is 0 Å². The summed E-state index contributed by atoms with van der Waals surface area (Å²) in [5, 5.41) is 0.690. The minimum atomic E-state index is -0.329. The normalized spacial score (nSPS) is 16.7. The predicted molar refractivity (Wildman–Crippen MR) is 116 cm³/mol. The van der Waals surface area contributed by atoms with Gasteiger partial charge >= 0.3 is 5.69 Å². The molecule has 0 saturated heterocycles. The lowest BCUT2D eigenvalue weighted by molar-refractivity contribution is 0.454. The first-order valence-electron chi connectivity index (χ1n) is 9.93. The van der Waals surface area contributed by atoms with Crippen LogP contribution in [0.15, 0.2) is 27.8 Å². The summed E-state index contributed by atoms with van der Waals surface area (Å²) < 4.78 is 4.77. The van der Waals surface area contributed by atoms with E-state index >= 15 is 0 Å². The average Bonchev–Trinajstić information content (AvgIpc) is 3.04. The van der Waals surface area contributed by atoms with Crippen molar-refractivity contribution in [3.05, 3.63) is 49.6 Å². The Morgan fingerprint density at radius 3 is 2.66 bits per heavy atom.